The predicted molar refractivity (Wildman–Crippen MR) is 147 cm³/mol. The summed E-state index contributed by atoms with van der Waals surface area (Å²) >= 11 is 6.16. The highest BCUT2D eigenvalue weighted by molar-refractivity contribution is 6.31. The molecule has 1 N–H and O–H groups in total. The van der Waals surface area contributed by atoms with E-state index in [0.717, 1.165) is 43.1 Å². The van der Waals surface area contributed by atoms with Gasteiger partial charge in [-0.15, -0.1) is 0 Å². The van der Waals surface area contributed by atoms with Crippen LogP contribution in [-0.4, -0.2) is 70.7 Å². The fraction of sp³-hybridized carbons (Fsp3) is 0.483. The van der Waals surface area contributed by atoms with Gasteiger partial charge in [-0.25, -0.2) is 0 Å². The second kappa shape index (κ2) is 11.7. The third-order valence-electron chi connectivity index (χ3n) is 7.61. The molecular formula is C29H37ClN4O3. The first-order valence-electron chi connectivity index (χ1n) is 13.1. The van der Waals surface area contributed by atoms with E-state index in [1.54, 1.807) is 36.2 Å². The molecule has 0 aromatic heterocycles. The minimum Gasteiger partial charge on any atom is -0.339 e. The Hall–Kier alpha value is -2.90. The summed E-state index contributed by atoms with van der Waals surface area (Å²) in [6.07, 6.45) is 2.59. The summed E-state index contributed by atoms with van der Waals surface area (Å²) in [7, 11) is 1.77. The van der Waals surface area contributed by atoms with Crippen LogP contribution in [0.4, 0.5) is 5.69 Å². The number of anilines is 1. The monoisotopic (exact) mass is 524 g/mol. The van der Waals surface area contributed by atoms with Crippen molar-refractivity contribution in [1.29, 1.82) is 0 Å². The van der Waals surface area contributed by atoms with Crippen LogP contribution < -0.4 is 5.32 Å². The van der Waals surface area contributed by atoms with E-state index in [2.05, 4.69) is 22.3 Å². The standard InChI is InChI=1S/C29H37ClN4O3/c1-19(2)32(4)29(37)22-6-5-7-23(17-22)31-28(36)26-10-11-27(35)34(26)24-12-14-33(15-13-24)18-21-8-9-25(30)20(3)16-21/h5-9,16-17,19,24,26H,10-15,18H2,1-4H3,(H,31,36)/t26-/m1/s1. The van der Waals surface area contributed by atoms with Crippen molar-refractivity contribution < 1.29 is 14.4 Å². The Morgan fingerprint density at radius 2 is 1.84 bits per heavy atom. The number of amides is 3. The number of nitrogens with one attached hydrogen (secondary N) is 1. The SMILES string of the molecule is Cc1cc(CN2CCC(N3C(=O)CC[C@@H]3C(=O)Nc3cccc(C(=O)N(C)C(C)C)c3)CC2)ccc1Cl. The number of aryl methyl sites for hydroxylation is 1. The molecule has 7 nitrogen and oxygen atoms in total. The summed E-state index contributed by atoms with van der Waals surface area (Å²) in [4.78, 5) is 44.7. The van der Waals surface area contributed by atoms with Gasteiger partial charge < -0.3 is 15.1 Å². The number of nitrogens with zero attached hydrogens (tertiary/aromatic N) is 3. The van der Waals surface area contributed by atoms with E-state index in [0.29, 0.717) is 24.1 Å². The molecule has 0 spiro atoms. The fourth-order valence-electron chi connectivity index (χ4n) is 5.23. The molecule has 2 aliphatic heterocycles. The number of halogens is 1. The van der Waals surface area contributed by atoms with E-state index in [1.807, 2.05) is 31.7 Å². The second-order valence-corrected chi connectivity index (χ2v) is 10.9. The molecule has 2 aromatic carbocycles. The van der Waals surface area contributed by atoms with Gasteiger partial charge in [0, 0.05) is 61.5 Å². The third kappa shape index (κ3) is 6.33. The molecule has 4 rings (SSSR count). The van der Waals surface area contributed by atoms with E-state index in [-0.39, 0.29) is 29.8 Å². The molecular weight excluding hydrogens is 488 g/mol. The molecule has 2 heterocycles. The van der Waals surface area contributed by atoms with Gasteiger partial charge in [-0.1, -0.05) is 29.8 Å². The lowest BCUT2D eigenvalue weighted by Gasteiger charge is -2.39. The molecule has 1 atom stereocenters. The molecule has 2 saturated heterocycles. The Morgan fingerprint density at radius 3 is 2.51 bits per heavy atom. The van der Waals surface area contributed by atoms with Crippen LogP contribution in [0.25, 0.3) is 0 Å². The number of carbonyl (C=O) groups excluding carboxylic acids is 3. The van der Waals surface area contributed by atoms with Crippen molar-refractivity contribution in [3.8, 4) is 0 Å². The summed E-state index contributed by atoms with van der Waals surface area (Å²) in [5.74, 6) is -0.231. The van der Waals surface area contributed by atoms with Gasteiger partial charge in [0.15, 0.2) is 0 Å². The highest BCUT2D eigenvalue weighted by atomic mass is 35.5. The first kappa shape index (κ1) is 27.1. The van der Waals surface area contributed by atoms with Crippen molar-refractivity contribution in [1.82, 2.24) is 14.7 Å². The maximum absolute atomic E-state index is 13.3. The first-order chi connectivity index (χ1) is 17.6. The molecule has 0 saturated carbocycles. The largest absolute Gasteiger partial charge is 0.339 e. The van der Waals surface area contributed by atoms with Gasteiger partial charge in [0.05, 0.1) is 0 Å². The van der Waals surface area contributed by atoms with Gasteiger partial charge in [0.2, 0.25) is 11.8 Å². The third-order valence-corrected chi connectivity index (χ3v) is 8.03. The van der Waals surface area contributed by atoms with Gasteiger partial charge in [0.1, 0.15) is 6.04 Å². The van der Waals surface area contributed by atoms with Crippen LogP contribution >= 0.6 is 11.6 Å². The van der Waals surface area contributed by atoms with Crippen LogP contribution in [0, 0.1) is 6.92 Å². The van der Waals surface area contributed by atoms with Crippen LogP contribution in [-0.2, 0) is 16.1 Å². The van der Waals surface area contributed by atoms with Gasteiger partial charge in [0.25, 0.3) is 5.91 Å². The molecule has 8 heteroatoms. The smallest absolute Gasteiger partial charge is 0.253 e. The summed E-state index contributed by atoms with van der Waals surface area (Å²) in [5, 5.41) is 3.74. The van der Waals surface area contributed by atoms with E-state index in [1.165, 1.54) is 5.56 Å². The van der Waals surface area contributed by atoms with Crippen LogP contribution in [0.1, 0.15) is 61.0 Å². The number of hydrogen-bond donors (Lipinski definition) is 1. The van der Waals surface area contributed by atoms with Crippen LogP contribution in [0.5, 0.6) is 0 Å². The zero-order valence-corrected chi connectivity index (χ0v) is 22.9. The van der Waals surface area contributed by atoms with E-state index in [9.17, 15) is 14.4 Å². The maximum Gasteiger partial charge on any atom is 0.253 e. The summed E-state index contributed by atoms with van der Waals surface area (Å²) in [6, 6.07) is 12.8. The Balaban J connectivity index is 1.37. The average Bonchev–Trinajstić information content (AvgIpc) is 3.27. The first-order valence-corrected chi connectivity index (χ1v) is 13.5. The average molecular weight is 525 g/mol. The van der Waals surface area contributed by atoms with E-state index in [4.69, 9.17) is 11.6 Å². The number of hydrogen-bond acceptors (Lipinski definition) is 4. The highest BCUT2D eigenvalue weighted by Gasteiger charge is 2.41. The molecule has 2 aromatic rings. The number of piperidine rings is 1. The molecule has 0 bridgehead atoms. The molecule has 37 heavy (non-hydrogen) atoms. The molecule has 2 fully saturated rings. The summed E-state index contributed by atoms with van der Waals surface area (Å²) in [6.45, 7) is 8.52. The minimum absolute atomic E-state index is 0.0504. The molecule has 0 aliphatic carbocycles. The quantitative estimate of drug-likeness (QED) is 0.568. The van der Waals surface area contributed by atoms with Crippen molar-refractivity contribution in [3.05, 3.63) is 64.2 Å². The van der Waals surface area contributed by atoms with Gasteiger partial charge in [-0.3, -0.25) is 19.3 Å². The van der Waals surface area contributed by atoms with Crippen LogP contribution in [0.15, 0.2) is 42.5 Å². The van der Waals surface area contributed by atoms with Crippen molar-refractivity contribution in [2.24, 2.45) is 0 Å². The minimum atomic E-state index is -0.485. The highest BCUT2D eigenvalue weighted by Crippen LogP contribution is 2.29. The fourth-order valence-corrected chi connectivity index (χ4v) is 5.35. The molecule has 0 unspecified atom stereocenters. The normalized spacial score (nSPS) is 18.9. The molecule has 0 radical (unpaired) electrons. The van der Waals surface area contributed by atoms with Crippen molar-refractivity contribution >= 4 is 35.0 Å². The van der Waals surface area contributed by atoms with Crippen LogP contribution in [0.2, 0.25) is 5.02 Å². The number of benzene rings is 2. The Bertz CT molecular complexity index is 1160. The number of carbonyl (C=O) groups is 3. The lowest BCUT2D eigenvalue weighted by Crippen LogP contribution is -2.51. The number of likely N-dealkylation sites (tertiary alicyclic amines) is 2. The van der Waals surface area contributed by atoms with Gasteiger partial charge in [-0.05, 0) is 75.4 Å². The second-order valence-electron chi connectivity index (χ2n) is 10.5. The lowest BCUT2D eigenvalue weighted by molar-refractivity contribution is -0.136. The van der Waals surface area contributed by atoms with Gasteiger partial charge in [-0.2, -0.15) is 0 Å². The van der Waals surface area contributed by atoms with Crippen molar-refractivity contribution in [2.75, 3.05) is 25.5 Å². The van der Waals surface area contributed by atoms with Crippen molar-refractivity contribution in [3.63, 3.8) is 0 Å². The summed E-state index contributed by atoms with van der Waals surface area (Å²) < 4.78 is 0. The maximum atomic E-state index is 13.3. The zero-order chi connectivity index (χ0) is 26.7. The Morgan fingerprint density at radius 1 is 1.11 bits per heavy atom. The summed E-state index contributed by atoms with van der Waals surface area (Å²) in [5.41, 5.74) is 3.40. The van der Waals surface area contributed by atoms with Crippen molar-refractivity contribution in [2.45, 2.75) is 71.1 Å². The Labute approximate surface area is 224 Å². The zero-order valence-electron chi connectivity index (χ0n) is 22.2. The predicted octanol–water partition coefficient (Wildman–Crippen LogP) is 4.72. The number of rotatable bonds is 7. The van der Waals surface area contributed by atoms with E-state index < -0.39 is 6.04 Å². The van der Waals surface area contributed by atoms with Crippen LogP contribution in [0.3, 0.4) is 0 Å². The lowest BCUT2D eigenvalue weighted by atomic mass is 10.0. The molecule has 2 aliphatic rings. The molecule has 198 valence electrons. The Kier molecular flexibility index (Phi) is 8.55. The van der Waals surface area contributed by atoms with E-state index >= 15 is 0 Å². The van der Waals surface area contributed by atoms with Gasteiger partial charge >= 0.3 is 0 Å². The molecule has 3 amide bonds. The topological polar surface area (TPSA) is 73.0 Å².